The predicted octanol–water partition coefficient (Wildman–Crippen LogP) is 1.84. The molecule has 5 atom stereocenters. The number of hydrogen-bond acceptors (Lipinski definition) is 6. The zero-order valence-electron chi connectivity index (χ0n) is 21.6. The summed E-state index contributed by atoms with van der Waals surface area (Å²) in [5.41, 5.74) is 0.322. The third kappa shape index (κ3) is 4.49. The van der Waals surface area contributed by atoms with Gasteiger partial charge in [0.2, 0.25) is 0 Å². The largest absolute Gasteiger partial charge is 0.494 e. The monoisotopic (exact) mass is 415 g/mol. The molecule has 0 aliphatic carbocycles. The van der Waals surface area contributed by atoms with Gasteiger partial charge in [0, 0.05) is 11.9 Å². The summed E-state index contributed by atoms with van der Waals surface area (Å²) in [7, 11) is 0. The van der Waals surface area contributed by atoms with E-state index in [1.165, 1.54) is 42.5 Å². The molecule has 0 saturated carbocycles. The Morgan fingerprint density at radius 3 is 2.54 bits per heavy atom. The van der Waals surface area contributed by atoms with Crippen molar-refractivity contribution in [2.75, 3.05) is 13.2 Å². The fourth-order valence-corrected chi connectivity index (χ4v) is 3.18. The Morgan fingerprint density at radius 2 is 1.86 bits per heavy atom. The molecule has 6 nitrogen and oxygen atoms in total. The highest BCUT2D eigenvalue weighted by atomic mass is 35.5. The van der Waals surface area contributed by atoms with E-state index in [0.717, 1.165) is 0 Å². The Hall–Kier alpha value is -1.67. The van der Waals surface area contributed by atoms with Crippen LogP contribution in [0.15, 0.2) is 42.5 Å². The molecule has 1 aliphatic heterocycles. The van der Waals surface area contributed by atoms with Crippen LogP contribution in [-0.2, 0) is 11.1 Å². The van der Waals surface area contributed by atoms with Crippen LogP contribution in [0, 0.1) is 0 Å². The van der Waals surface area contributed by atoms with Gasteiger partial charge in [-0.25, -0.2) is 0 Å². The molecule has 0 radical (unpaired) electrons. The van der Waals surface area contributed by atoms with E-state index in [2.05, 4.69) is 0 Å². The Bertz CT molecular complexity index is 1030. The van der Waals surface area contributed by atoms with Crippen LogP contribution in [0.1, 0.15) is 39.2 Å². The smallest absolute Gasteiger partial charge is 0.119 e. The molecule has 7 heteroatoms. The first-order chi connectivity index (χ1) is 16.1. The number of halogens is 1. The summed E-state index contributed by atoms with van der Waals surface area (Å²) in [6.07, 6.45) is -9.24. The van der Waals surface area contributed by atoms with Gasteiger partial charge in [-0.05, 0) is 48.1 Å². The Morgan fingerprint density at radius 1 is 1.11 bits per heavy atom. The first-order valence-corrected chi connectivity index (χ1v) is 8.88. The zero-order valence-corrected chi connectivity index (χ0v) is 15.4. The van der Waals surface area contributed by atoms with Crippen molar-refractivity contribution in [2.45, 2.75) is 43.7 Å². The molecule has 0 aromatic heterocycles. The lowest BCUT2D eigenvalue weighted by Gasteiger charge is -2.40. The molecule has 5 unspecified atom stereocenters. The van der Waals surface area contributed by atoms with Gasteiger partial charge in [-0.3, -0.25) is 0 Å². The Labute approximate surface area is 178 Å². The van der Waals surface area contributed by atoms with E-state index in [9.17, 15) is 20.4 Å². The number of hydrogen-bond donors (Lipinski definition) is 4. The summed E-state index contributed by atoms with van der Waals surface area (Å²) in [6.45, 7) is -6.59. The van der Waals surface area contributed by atoms with Crippen molar-refractivity contribution >= 4 is 11.6 Å². The summed E-state index contributed by atoms with van der Waals surface area (Å²) in [5, 5.41) is 40.0. The van der Waals surface area contributed by atoms with Crippen LogP contribution >= 0.6 is 11.6 Å². The fourth-order valence-electron chi connectivity index (χ4n) is 3.01. The number of ether oxygens (including phenoxy) is 2. The number of aliphatic hydroxyl groups excluding tert-OH is 4. The van der Waals surface area contributed by atoms with Gasteiger partial charge in [0.1, 0.15) is 36.3 Å². The SMILES string of the molecule is [2H]C([2H])(c1ccc(OC([2H])([2H])C([2H])([2H])[2H])cc1)c1cc(C2OC(CO)C(O)C(O)C2O)ccc1Cl. The minimum absolute atomic E-state index is 0.0138. The van der Waals surface area contributed by atoms with Gasteiger partial charge in [-0.2, -0.15) is 0 Å². The maximum absolute atomic E-state index is 10.4. The highest BCUT2D eigenvalue weighted by molar-refractivity contribution is 6.31. The molecule has 0 amide bonds. The highest BCUT2D eigenvalue weighted by Gasteiger charge is 2.43. The molecule has 2 aromatic carbocycles. The fraction of sp³-hybridized carbons (Fsp3) is 0.429. The summed E-state index contributed by atoms with van der Waals surface area (Å²) in [4.78, 5) is 0. The van der Waals surface area contributed by atoms with Gasteiger partial charge < -0.3 is 29.9 Å². The Balaban J connectivity index is 1.91. The van der Waals surface area contributed by atoms with Gasteiger partial charge in [-0.15, -0.1) is 0 Å². The average molecular weight is 416 g/mol. The summed E-state index contributed by atoms with van der Waals surface area (Å²) >= 11 is 6.27. The molecule has 2 aromatic rings. The van der Waals surface area contributed by atoms with Gasteiger partial charge in [0.15, 0.2) is 0 Å². The van der Waals surface area contributed by atoms with Crippen molar-refractivity contribution in [3.8, 4) is 5.75 Å². The van der Waals surface area contributed by atoms with Gasteiger partial charge in [0.25, 0.3) is 0 Å². The molecule has 0 spiro atoms. The maximum atomic E-state index is 10.4. The highest BCUT2D eigenvalue weighted by Crippen LogP contribution is 2.34. The number of benzene rings is 2. The second-order valence-electron chi connectivity index (χ2n) is 6.34. The van der Waals surface area contributed by atoms with E-state index in [1.54, 1.807) is 0 Å². The van der Waals surface area contributed by atoms with Crippen molar-refractivity contribution in [2.24, 2.45) is 0 Å². The van der Waals surface area contributed by atoms with Crippen molar-refractivity contribution < 1.29 is 39.5 Å². The molecule has 3 rings (SSSR count). The van der Waals surface area contributed by atoms with Crippen LogP contribution in [-0.4, -0.2) is 58.0 Å². The van der Waals surface area contributed by atoms with E-state index in [4.69, 9.17) is 30.7 Å². The van der Waals surface area contributed by atoms with Crippen LogP contribution in [0.5, 0.6) is 5.75 Å². The lowest BCUT2D eigenvalue weighted by atomic mass is 9.90. The molecular weight excluding hydrogens is 384 g/mol. The standard InChI is InChI=1S/C21H25ClO6/c1-2-27-15-6-3-12(4-7-15)9-14-10-13(5-8-16(14)22)21-20(26)19(25)18(24)17(11-23)28-21/h3-8,10,17-21,23-26H,2,9,11H2,1H3/i1D3,2D2,9D2. The van der Waals surface area contributed by atoms with Crippen LogP contribution < -0.4 is 4.74 Å². The van der Waals surface area contributed by atoms with Crippen LogP contribution in [0.3, 0.4) is 0 Å². The molecule has 1 fully saturated rings. The van der Waals surface area contributed by atoms with E-state index < -0.39 is 56.9 Å². The normalized spacial score (nSPS) is 32.8. The average Bonchev–Trinajstić information content (AvgIpc) is 2.77. The molecule has 152 valence electrons. The first kappa shape index (κ1) is 13.5. The first-order valence-electron chi connectivity index (χ1n) is 12.0. The van der Waals surface area contributed by atoms with Crippen LogP contribution in [0.25, 0.3) is 0 Å². The van der Waals surface area contributed by atoms with Gasteiger partial charge >= 0.3 is 0 Å². The van der Waals surface area contributed by atoms with E-state index in [1.807, 2.05) is 0 Å². The third-order valence-electron chi connectivity index (χ3n) is 4.51. The quantitative estimate of drug-likeness (QED) is 0.574. The molecule has 28 heavy (non-hydrogen) atoms. The number of rotatable bonds is 6. The summed E-state index contributed by atoms with van der Waals surface area (Å²) in [6, 6.07) is 9.23. The van der Waals surface area contributed by atoms with Gasteiger partial charge in [-0.1, -0.05) is 35.9 Å². The van der Waals surface area contributed by atoms with Gasteiger partial charge in [0.05, 0.1) is 15.9 Å². The topological polar surface area (TPSA) is 99.4 Å². The van der Waals surface area contributed by atoms with Crippen LogP contribution in [0.2, 0.25) is 5.02 Å². The molecule has 1 saturated heterocycles. The van der Waals surface area contributed by atoms with E-state index in [-0.39, 0.29) is 27.5 Å². The zero-order chi connectivity index (χ0) is 26.3. The van der Waals surface area contributed by atoms with Crippen molar-refractivity contribution in [1.82, 2.24) is 0 Å². The summed E-state index contributed by atoms with van der Waals surface area (Å²) < 4.78 is 64.5. The van der Waals surface area contributed by atoms with E-state index in [0.29, 0.717) is 0 Å². The van der Waals surface area contributed by atoms with Crippen molar-refractivity contribution in [1.29, 1.82) is 0 Å². The molecule has 1 heterocycles. The second kappa shape index (κ2) is 9.22. The van der Waals surface area contributed by atoms with E-state index >= 15 is 0 Å². The second-order valence-corrected chi connectivity index (χ2v) is 6.75. The minimum Gasteiger partial charge on any atom is -0.494 e. The Kier molecular flexibility index (Phi) is 4.46. The minimum atomic E-state index is -3.03. The van der Waals surface area contributed by atoms with Crippen LogP contribution in [0.4, 0.5) is 0 Å². The predicted molar refractivity (Wildman–Crippen MR) is 105 cm³/mol. The lowest BCUT2D eigenvalue weighted by molar-refractivity contribution is -0.231. The molecule has 1 aliphatic rings. The summed E-state index contributed by atoms with van der Waals surface area (Å²) in [5.74, 6) is -0.119. The van der Waals surface area contributed by atoms with Crippen molar-refractivity contribution in [3.63, 3.8) is 0 Å². The molecule has 4 N–H and O–H groups in total. The molecule has 0 bridgehead atoms. The molecular formula is C21H25ClO6. The third-order valence-corrected chi connectivity index (χ3v) is 4.84. The lowest BCUT2D eigenvalue weighted by Crippen LogP contribution is -2.55. The van der Waals surface area contributed by atoms with Crippen molar-refractivity contribution in [3.05, 3.63) is 64.2 Å². The maximum Gasteiger partial charge on any atom is 0.119 e. The number of aliphatic hydroxyl groups is 4.